The molecular formula is C15H16O5. The Balaban J connectivity index is 2.76. The Labute approximate surface area is 116 Å². The lowest BCUT2D eigenvalue weighted by Crippen LogP contribution is -2.12. The number of carbonyl (C=O) groups excluding carboxylic acids is 1. The van der Waals surface area contributed by atoms with E-state index in [9.17, 15) is 14.4 Å². The average molecular weight is 276 g/mol. The van der Waals surface area contributed by atoms with Crippen molar-refractivity contribution in [2.75, 3.05) is 0 Å². The number of ketones is 1. The number of allylic oxidation sites excluding steroid dienone is 1. The third-order valence-electron chi connectivity index (χ3n) is 2.81. The third kappa shape index (κ3) is 5.06. The molecule has 0 fully saturated rings. The second-order valence-corrected chi connectivity index (χ2v) is 4.51. The van der Waals surface area contributed by atoms with Gasteiger partial charge in [-0.1, -0.05) is 35.9 Å². The van der Waals surface area contributed by atoms with Crippen molar-refractivity contribution in [3.8, 4) is 0 Å². The summed E-state index contributed by atoms with van der Waals surface area (Å²) in [6.07, 6.45) is -0.429. The van der Waals surface area contributed by atoms with E-state index in [1.807, 2.05) is 30.3 Å². The molecule has 0 radical (unpaired) electrons. The topological polar surface area (TPSA) is 91.7 Å². The number of aliphatic carboxylic acids is 2. The van der Waals surface area contributed by atoms with Crippen LogP contribution in [0.2, 0.25) is 0 Å². The first-order valence-electron chi connectivity index (χ1n) is 6.09. The predicted octanol–water partition coefficient (Wildman–Crippen LogP) is 2.06. The van der Waals surface area contributed by atoms with Crippen LogP contribution in [0.15, 0.2) is 41.5 Å². The van der Waals surface area contributed by atoms with Crippen LogP contribution in [0.25, 0.3) is 0 Å². The normalized spacial score (nSPS) is 11.7. The van der Waals surface area contributed by atoms with Gasteiger partial charge in [0, 0.05) is 18.4 Å². The van der Waals surface area contributed by atoms with Crippen LogP contribution in [-0.2, 0) is 20.8 Å². The minimum Gasteiger partial charge on any atom is -0.481 e. The summed E-state index contributed by atoms with van der Waals surface area (Å²) in [5.74, 6) is -2.66. The van der Waals surface area contributed by atoms with E-state index < -0.39 is 18.4 Å². The molecule has 0 aliphatic rings. The molecule has 5 nitrogen and oxygen atoms in total. The minimum atomic E-state index is -1.29. The molecule has 0 unspecified atom stereocenters. The molecule has 0 aliphatic carbocycles. The number of hydrogen-bond donors (Lipinski definition) is 2. The molecule has 1 aromatic carbocycles. The van der Waals surface area contributed by atoms with Gasteiger partial charge in [0.15, 0.2) is 0 Å². The first-order chi connectivity index (χ1) is 9.40. The van der Waals surface area contributed by atoms with Crippen LogP contribution in [0, 0.1) is 0 Å². The number of carboxylic acids is 2. The molecule has 1 rings (SSSR count). The maximum absolute atomic E-state index is 11.9. The smallest absolute Gasteiger partial charge is 0.332 e. The SMILES string of the molecule is CC(CC(=O)Cc1ccccc1)=C(CC(=O)O)C(=O)O. The van der Waals surface area contributed by atoms with E-state index in [4.69, 9.17) is 10.2 Å². The van der Waals surface area contributed by atoms with Crippen LogP contribution in [0.3, 0.4) is 0 Å². The summed E-state index contributed by atoms with van der Waals surface area (Å²) in [6.45, 7) is 1.48. The number of hydrogen-bond acceptors (Lipinski definition) is 3. The summed E-state index contributed by atoms with van der Waals surface area (Å²) in [7, 11) is 0. The van der Waals surface area contributed by atoms with Gasteiger partial charge < -0.3 is 10.2 Å². The van der Waals surface area contributed by atoms with Crippen molar-refractivity contribution in [3.05, 3.63) is 47.0 Å². The molecule has 1 aromatic rings. The molecule has 0 saturated heterocycles. The third-order valence-corrected chi connectivity index (χ3v) is 2.81. The summed E-state index contributed by atoms with van der Waals surface area (Å²) in [5.41, 5.74) is 0.917. The average Bonchev–Trinajstić information content (AvgIpc) is 2.36. The number of rotatable bonds is 7. The zero-order valence-corrected chi connectivity index (χ0v) is 11.1. The molecule has 0 heterocycles. The lowest BCUT2D eigenvalue weighted by molar-refractivity contribution is -0.139. The monoisotopic (exact) mass is 276 g/mol. The fourth-order valence-electron chi connectivity index (χ4n) is 1.85. The minimum absolute atomic E-state index is 0.0518. The number of Topliss-reactive ketones (excluding diaryl/α,β-unsaturated/α-hetero) is 1. The first-order valence-corrected chi connectivity index (χ1v) is 6.09. The van der Waals surface area contributed by atoms with Crippen molar-refractivity contribution in [2.24, 2.45) is 0 Å². The van der Waals surface area contributed by atoms with Gasteiger partial charge in [-0.05, 0) is 12.5 Å². The largest absolute Gasteiger partial charge is 0.481 e. The second kappa shape index (κ2) is 7.23. The fourth-order valence-corrected chi connectivity index (χ4v) is 1.85. The number of carboxylic acid groups (broad SMARTS) is 2. The van der Waals surface area contributed by atoms with E-state index in [1.54, 1.807) is 0 Å². The molecule has 2 N–H and O–H groups in total. The summed E-state index contributed by atoms with van der Waals surface area (Å²) < 4.78 is 0. The molecule has 0 aliphatic heterocycles. The maximum Gasteiger partial charge on any atom is 0.332 e. The Morgan fingerprint density at radius 3 is 2.10 bits per heavy atom. The van der Waals surface area contributed by atoms with Crippen molar-refractivity contribution in [3.63, 3.8) is 0 Å². The van der Waals surface area contributed by atoms with E-state index in [0.717, 1.165) is 5.56 Å². The highest BCUT2D eigenvalue weighted by molar-refractivity contribution is 5.94. The molecule has 0 bridgehead atoms. The van der Waals surface area contributed by atoms with Crippen LogP contribution in [0.4, 0.5) is 0 Å². The predicted molar refractivity (Wildman–Crippen MR) is 72.4 cm³/mol. The summed E-state index contributed by atoms with van der Waals surface area (Å²) >= 11 is 0. The van der Waals surface area contributed by atoms with Gasteiger partial charge in [0.2, 0.25) is 0 Å². The van der Waals surface area contributed by atoms with Gasteiger partial charge in [-0.3, -0.25) is 9.59 Å². The van der Waals surface area contributed by atoms with Crippen molar-refractivity contribution in [2.45, 2.75) is 26.2 Å². The summed E-state index contributed by atoms with van der Waals surface area (Å²) in [4.78, 5) is 33.5. The van der Waals surface area contributed by atoms with E-state index in [-0.39, 0.29) is 24.2 Å². The van der Waals surface area contributed by atoms with Gasteiger partial charge in [-0.25, -0.2) is 4.79 Å². The zero-order chi connectivity index (χ0) is 15.1. The Morgan fingerprint density at radius 2 is 1.60 bits per heavy atom. The van der Waals surface area contributed by atoms with E-state index in [1.165, 1.54) is 6.92 Å². The van der Waals surface area contributed by atoms with Crippen molar-refractivity contribution < 1.29 is 24.6 Å². The van der Waals surface area contributed by atoms with E-state index in [2.05, 4.69) is 0 Å². The zero-order valence-electron chi connectivity index (χ0n) is 11.1. The molecule has 20 heavy (non-hydrogen) atoms. The van der Waals surface area contributed by atoms with Gasteiger partial charge in [0.1, 0.15) is 5.78 Å². The number of carbonyl (C=O) groups is 3. The van der Waals surface area contributed by atoms with Gasteiger partial charge in [0.05, 0.1) is 6.42 Å². The Morgan fingerprint density at radius 1 is 1.00 bits per heavy atom. The molecule has 106 valence electrons. The van der Waals surface area contributed by atoms with Crippen molar-refractivity contribution in [1.29, 1.82) is 0 Å². The summed E-state index contributed by atoms with van der Waals surface area (Å²) in [6, 6.07) is 9.10. The van der Waals surface area contributed by atoms with Crippen LogP contribution in [-0.4, -0.2) is 27.9 Å². The molecule has 5 heteroatoms. The maximum atomic E-state index is 11.9. The van der Waals surface area contributed by atoms with Crippen LogP contribution < -0.4 is 0 Å². The van der Waals surface area contributed by atoms with Crippen LogP contribution in [0.1, 0.15) is 25.3 Å². The van der Waals surface area contributed by atoms with E-state index >= 15 is 0 Å². The van der Waals surface area contributed by atoms with E-state index in [0.29, 0.717) is 5.57 Å². The molecular weight excluding hydrogens is 260 g/mol. The van der Waals surface area contributed by atoms with Crippen LogP contribution in [0.5, 0.6) is 0 Å². The first kappa shape index (κ1) is 15.6. The highest BCUT2D eigenvalue weighted by atomic mass is 16.4. The van der Waals surface area contributed by atoms with Crippen molar-refractivity contribution in [1.82, 2.24) is 0 Å². The fraction of sp³-hybridized carbons (Fsp3) is 0.267. The molecule has 0 amide bonds. The molecule has 0 aromatic heterocycles. The molecule has 0 atom stereocenters. The van der Waals surface area contributed by atoms with Gasteiger partial charge in [-0.15, -0.1) is 0 Å². The van der Waals surface area contributed by atoms with Gasteiger partial charge in [0.25, 0.3) is 0 Å². The Kier molecular flexibility index (Phi) is 5.65. The van der Waals surface area contributed by atoms with Gasteiger partial charge in [-0.2, -0.15) is 0 Å². The highest BCUT2D eigenvalue weighted by Gasteiger charge is 2.17. The Hall–Kier alpha value is -2.43. The molecule has 0 saturated carbocycles. The quantitative estimate of drug-likeness (QED) is 0.744. The van der Waals surface area contributed by atoms with Crippen molar-refractivity contribution >= 4 is 17.7 Å². The lowest BCUT2D eigenvalue weighted by atomic mass is 9.98. The highest BCUT2D eigenvalue weighted by Crippen LogP contribution is 2.15. The standard InChI is InChI=1S/C15H16O5/c1-10(13(15(19)20)9-14(17)18)7-12(16)8-11-5-3-2-4-6-11/h2-6H,7-9H2,1H3,(H,17,18)(H,19,20). The second-order valence-electron chi connectivity index (χ2n) is 4.51. The van der Waals surface area contributed by atoms with Gasteiger partial charge >= 0.3 is 11.9 Å². The summed E-state index contributed by atoms with van der Waals surface area (Å²) in [5, 5.41) is 17.6. The molecule has 0 spiro atoms. The number of benzene rings is 1. The lowest BCUT2D eigenvalue weighted by Gasteiger charge is -2.06. The van der Waals surface area contributed by atoms with Crippen LogP contribution >= 0.6 is 0 Å². The Bertz CT molecular complexity index is 543.